The summed E-state index contributed by atoms with van der Waals surface area (Å²) in [6.07, 6.45) is 3.46. The van der Waals surface area contributed by atoms with Crippen molar-refractivity contribution in [2.45, 2.75) is 17.8 Å². The largest absolute Gasteiger partial charge is 0.338 e. The number of rotatable bonds is 6. The van der Waals surface area contributed by atoms with Crippen molar-refractivity contribution < 1.29 is 8.91 Å². The molecule has 2 aromatic carbocycles. The molecule has 5 rings (SSSR count). The zero-order chi connectivity index (χ0) is 21.9. The predicted molar refractivity (Wildman–Crippen MR) is 119 cm³/mol. The van der Waals surface area contributed by atoms with E-state index in [4.69, 9.17) is 4.52 Å². The number of nitrogens with zero attached hydrogens (tertiary/aromatic N) is 6. The van der Waals surface area contributed by atoms with Gasteiger partial charge in [-0.25, -0.2) is 4.39 Å². The minimum Gasteiger partial charge on any atom is -0.338 e. The number of aryl methyl sites for hydroxylation is 1. The molecule has 3 heterocycles. The Balaban J connectivity index is 1.43. The molecule has 0 fully saturated rings. The quantitative estimate of drug-likeness (QED) is 0.336. The topological polar surface area (TPSA) is 82.5 Å². The van der Waals surface area contributed by atoms with Gasteiger partial charge < -0.3 is 4.52 Å². The molecule has 0 unspecified atom stereocenters. The highest BCUT2D eigenvalue weighted by atomic mass is 32.2. The fourth-order valence-electron chi connectivity index (χ4n) is 3.13. The summed E-state index contributed by atoms with van der Waals surface area (Å²) in [5.74, 6) is 1.68. The fraction of sp³-hybridized carbons (Fsp3) is 0.0870. The second kappa shape index (κ2) is 8.72. The number of aromatic nitrogens is 6. The minimum atomic E-state index is -0.312. The van der Waals surface area contributed by atoms with Crippen LogP contribution in [0, 0.1) is 12.7 Å². The summed E-state index contributed by atoms with van der Waals surface area (Å²) in [5, 5.41) is 13.5. The normalized spacial score (nSPS) is 11.1. The van der Waals surface area contributed by atoms with Crippen LogP contribution in [0.15, 0.2) is 82.7 Å². The van der Waals surface area contributed by atoms with Crippen LogP contribution in [0.2, 0.25) is 0 Å². The number of thioether (sulfide) groups is 1. The summed E-state index contributed by atoms with van der Waals surface area (Å²) in [6.45, 7) is 2.05. The molecule has 3 aromatic heterocycles. The van der Waals surface area contributed by atoms with Crippen molar-refractivity contribution in [1.29, 1.82) is 0 Å². The van der Waals surface area contributed by atoms with Crippen LogP contribution >= 0.6 is 11.8 Å². The van der Waals surface area contributed by atoms with Gasteiger partial charge in [0.05, 0.1) is 5.75 Å². The lowest BCUT2D eigenvalue weighted by atomic mass is 10.2. The SMILES string of the molecule is Cc1ccc(-n2c(SCc3nc(-c4ccc(F)cc4)no3)nnc2-c2ccncc2)cc1. The van der Waals surface area contributed by atoms with Crippen molar-refractivity contribution >= 4 is 11.8 Å². The molecule has 0 aliphatic carbocycles. The lowest BCUT2D eigenvalue weighted by molar-refractivity contribution is 0.391. The van der Waals surface area contributed by atoms with E-state index in [0.29, 0.717) is 28.2 Å². The van der Waals surface area contributed by atoms with Crippen molar-refractivity contribution in [1.82, 2.24) is 29.9 Å². The molecule has 0 bridgehead atoms. The number of hydrogen-bond acceptors (Lipinski definition) is 7. The molecule has 0 saturated carbocycles. The van der Waals surface area contributed by atoms with Gasteiger partial charge in [-0.2, -0.15) is 4.98 Å². The van der Waals surface area contributed by atoms with E-state index in [0.717, 1.165) is 17.1 Å². The first-order valence-electron chi connectivity index (χ1n) is 9.81. The van der Waals surface area contributed by atoms with Gasteiger partial charge in [0.1, 0.15) is 5.82 Å². The van der Waals surface area contributed by atoms with Gasteiger partial charge in [-0.05, 0) is 55.5 Å². The number of pyridine rings is 1. The third kappa shape index (κ3) is 4.15. The zero-order valence-electron chi connectivity index (χ0n) is 17.0. The van der Waals surface area contributed by atoms with E-state index in [1.165, 1.54) is 29.5 Å². The smallest absolute Gasteiger partial charge is 0.237 e. The van der Waals surface area contributed by atoms with Crippen LogP contribution in [0.25, 0.3) is 28.5 Å². The summed E-state index contributed by atoms with van der Waals surface area (Å²) in [4.78, 5) is 8.51. The summed E-state index contributed by atoms with van der Waals surface area (Å²) in [5.41, 5.74) is 3.72. The highest BCUT2D eigenvalue weighted by Gasteiger charge is 2.18. The van der Waals surface area contributed by atoms with Crippen LogP contribution in [-0.4, -0.2) is 29.9 Å². The first-order chi connectivity index (χ1) is 15.7. The molecular formula is C23H17FN6OS. The van der Waals surface area contributed by atoms with E-state index in [1.54, 1.807) is 24.5 Å². The standard InChI is InChI=1S/C23H17FN6OS/c1-15-2-8-19(9-3-15)30-22(17-10-12-25-13-11-17)27-28-23(30)32-14-20-26-21(29-31-20)16-4-6-18(24)7-5-16/h2-13H,14H2,1H3. The van der Waals surface area contributed by atoms with Crippen LogP contribution in [0.1, 0.15) is 11.5 Å². The Morgan fingerprint density at radius 2 is 1.66 bits per heavy atom. The molecule has 0 radical (unpaired) electrons. The molecule has 0 N–H and O–H groups in total. The van der Waals surface area contributed by atoms with Gasteiger partial charge in [-0.1, -0.05) is 34.6 Å². The average molecular weight is 444 g/mol. The Morgan fingerprint density at radius 3 is 2.41 bits per heavy atom. The maximum absolute atomic E-state index is 13.2. The van der Waals surface area contributed by atoms with Crippen molar-refractivity contribution in [2.75, 3.05) is 0 Å². The van der Waals surface area contributed by atoms with E-state index in [9.17, 15) is 4.39 Å². The monoisotopic (exact) mass is 444 g/mol. The molecule has 32 heavy (non-hydrogen) atoms. The van der Waals surface area contributed by atoms with Gasteiger partial charge in [0.2, 0.25) is 11.7 Å². The number of halogens is 1. The molecule has 0 aliphatic rings. The van der Waals surface area contributed by atoms with E-state index < -0.39 is 0 Å². The first-order valence-corrected chi connectivity index (χ1v) is 10.8. The highest BCUT2D eigenvalue weighted by molar-refractivity contribution is 7.98. The molecule has 0 saturated heterocycles. The Labute approximate surface area is 187 Å². The van der Waals surface area contributed by atoms with Gasteiger partial charge in [0.15, 0.2) is 11.0 Å². The summed E-state index contributed by atoms with van der Waals surface area (Å²) >= 11 is 1.44. The van der Waals surface area contributed by atoms with Gasteiger partial charge in [0.25, 0.3) is 0 Å². The van der Waals surface area contributed by atoms with Crippen LogP contribution in [0.4, 0.5) is 4.39 Å². The maximum atomic E-state index is 13.2. The van der Waals surface area contributed by atoms with E-state index in [2.05, 4.69) is 25.3 Å². The molecule has 0 atom stereocenters. The minimum absolute atomic E-state index is 0.312. The van der Waals surface area contributed by atoms with Gasteiger partial charge in [-0.3, -0.25) is 9.55 Å². The molecule has 0 amide bonds. The summed E-state index contributed by atoms with van der Waals surface area (Å²) in [6, 6.07) is 17.9. The molecule has 0 aliphatic heterocycles. The lowest BCUT2D eigenvalue weighted by Crippen LogP contribution is -2.00. The Kier molecular flexibility index (Phi) is 5.47. The van der Waals surface area contributed by atoms with Gasteiger partial charge in [-0.15, -0.1) is 10.2 Å². The van der Waals surface area contributed by atoms with Crippen LogP contribution < -0.4 is 0 Å². The first kappa shape index (κ1) is 20.1. The van der Waals surface area contributed by atoms with Crippen LogP contribution in [0.3, 0.4) is 0 Å². The van der Waals surface area contributed by atoms with E-state index >= 15 is 0 Å². The highest BCUT2D eigenvalue weighted by Crippen LogP contribution is 2.30. The van der Waals surface area contributed by atoms with Crippen molar-refractivity contribution in [2.24, 2.45) is 0 Å². The van der Waals surface area contributed by atoms with Crippen LogP contribution in [0.5, 0.6) is 0 Å². The second-order valence-corrected chi connectivity index (χ2v) is 7.96. The van der Waals surface area contributed by atoms with Crippen LogP contribution in [-0.2, 0) is 5.75 Å². The van der Waals surface area contributed by atoms with Gasteiger partial charge >= 0.3 is 0 Å². The molecule has 9 heteroatoms. The summed E-state index contributed by atoms with van der Waals surface area (Å²) < 4.78 is 20.5. The molecular weight excluding hydrogens is 427 g/mol. The van der Waals surface area contributed by atoms with Crippen molar-refractivity contribution in [3.8, 4) is 28.5 Å². The molecule has 158 valence electrons. The number of hydrogen-bond donors (Lipinski definition) is 0. The average Bonchev–Trinajstić information content (AvgIpc) is 3.47. The Hall–Kier alpha value is -3.85. The van der Waals surface area contributed by atoms with E-state index in [-0.39, 0.29) is 5.82 Å². The zero-order valence-corrected chi connectivity index (χ0v) is 17.8. The maximum Gasteiger partial charge on any atom is 0.237 e. The fourth-order valence-corrected chi connectivity index (χ4v) is 3.92. The Bertz CT molecular complexity index is 1330. The summed E-state index contributed by atoms with van der Waals surface area (Å²) in [7, 11) is 0. The third-order valence-corrected chi connectivity index (χ3v) is 5.67. The third-order valence-electron chi connectivity index (χ3n) is 4.76. The molecule has 5 aromatic rings. The lowest BCUT2D eigenvalue weighted by Gasteiger charge is -2.10. The molecule has 0 spiro atoms. The number of benzene rings is 2. The Morgan fingerprint density at radius 1 is 0.906 bits per heavy atom. The molecule has 7 nitrogen and oxygen atoms in total. The van der Waals surface area contributed by atoms with Gasteiger partial charge in [0, 0.05) is 29.2 Å². The van der Waals surface area contributed by atoms with E-state index in [1.807, 2.05) is 47.9 Å². The second-order valence-electron chi connectivity index (χ2n) is 7.02. The van der Waals surface area contributed by atoms with Crippen molar-refractivity contribution in [3.63, 3.8) is 0 Å². The van der Waals surface area contributed by atoms with Crippen molar-refractivity contribution in [3.05, 3.63) is 90.3 Å². The predicted octanol–water partition coefficient (Wildman–Crippen LogP) is 5.12.